The third kappa shape index (κ3) is 4.51. The van der Waals surface area contributed by atoms with E-state index in [1.807, 2.05) is 17.5 Å². The molecule has 0 bridgehead atoms. The fourth-order valence-electron chi connectivity index (χ4n) is 5.33. The number of benzene rings is 2. The van der Waals surface area contributed by atoms with Crippen LogP contribution in [0.15, 0.2) is 77.3 Å². The number of Topliss-reactive ketones (excluding diaryl/α,β-unsaturated/α-hetero) is 1. The molecule has 38 heavy (non-hydrogen) atoms. The minimum Gasteiger partial charge on any atom is -0.465 e. The minimum absolute atomic E-state index is 0.0974. The molecule has 1 amide bonds. The maximum Gasteiger partial charge on any atom is 0.317 e. The van der Waals surface area contributed by atoms with Crippen LogP contribution < -0.4 is 4.90 Å². The summed E-state index contributed by atoms with van der Waals surface area (Å²) in [6, 6.07) is 14.9. The summed E-state index contributed by atoms with van der Waals surface area (Å²) < 4.78 is 19.0. The van der Waals surface area contributed by atoms with Crippen molar-refractivity contribution in [3.8, 4) is 0 Å². The number of hydrogen-bond acceptors (Lipinski definition) is 7. The van der Waals surface area contributed by atoms with E-state index in [0.717, 1.165) is 4.88 Å². The van der Waals surface area contributed by atoms with E-state index in [-0.39, 0.29) is 36.6 Å². The molecule has 8 nitrogen and oxygen atoms in total. The van der Waals surface area contributed by atoms with Gasteiger partial charge in [-0.3, -0.25) is 29.4 Å². The monoisotopic (exact) mass is 534 g/mol. The van der Waals surface area contributed by atoms with E-state index in [0.29, 0.717) is 16.9 Å². The molecule has 3 aromatic rings. The number of nitrogens with zero attached hydrogens (tertiary/aromatic N) is 2. The summed E-state index contributed by atoms with van der Waals surface area (Å²) in [5, 5.41) is 13.3. The van der Waals surface area contributed by atoms with Crippen LogP contribution in [0.5, 0.6) is 0 Å². The highest BCUT2D eigenvalue weighted by atomic mass is 32.1. The summed E-state index contributed by atoms with van der Waals surface area (Å²) in [6.45, 7) is 1.76. The molecule has 10 heteroatoms. The number of carbonyl (C=O) groups excluding carboxylic acids is 3. The van der Waals surface area contributed by atoms with Crippen molar-refractivity contribution in [1.29, 1.82) is 0 Å². The van der Waals surface area contributed by atoms with Crippen LogP contribution in [-0.4, -0.2) is 29.2 Å². The minimum atomic E-state index is -1.13. The van der Waals surface area contributed by atoms with Gasteiger partial charge in [-0.15, -0.1) is 11.3 Å². The van der Waals surface area contributed by atoms with Crippen molar-refractivity contribution in [1.82, 2.24) is 0 Å². The van der Waals surface area contributed by atoms with Crippen LogP contribution in [-0.2, 0) is 19.1 Å². The first kappa shape index (κ1) is 25.5. The normalized spacial score (nSPS) is 21.3. The number of hydrogen-bond donors (Lipinski definition) is 0. The highest BCUT2D eigenvalue weighted by molar-refractivity contribution is 7.10. The number of ether oxygens (including phenoxy) is 1. The number of anilines is 1. The Morgan fingerprint density at radius 1 is 1.13 bits per heavy atom. The summed E-state index contributed by atoms with van der Waals surface area (Å²) in [6.07, 6.45) is 0.0297. The average Bonchev–Trinajstić information content (AvgIpc) is 3.44. The molecule has 0 N–H and O–H groups in total. The van der Waals surface area contributed by atoms with Crippen LogP contribution in [0.25, 0.3) is 0 Å². The van der Waals surface area contributed by atoms with Gasteiger partial charge in [0.25, 0.3) is 5.69 Å². The van der Waals surface area contributed by atoms with E-state index >= 15 is 0 Å². The zero-order chi connectivity index (χ0) is 27.0. The Balaban J connectivity index is 1.72. The lowest BCUT2D eigenvalue weighted by atomic mass is 9.69. The summed E-state index contributed by atoms with van der Waals surface area (Å²) >= 11 is 1.40. The molecule has 2 aliphatic rings. The Bertz CT molecular complexity index is 1450. The van der Waals surface area contributed by atoms with Crippen LogP contribution in [0, 0.1) is 21.8 Å². The number of nitro benzene ring substituents is 1. The van der Waals surface area contributed by atoms with Crippen LogP contribution in [0.3, 0.4) is 0 Å². The highest BCUT2D eigenvalue weighted by Gasteiger charge is 2.50. The smallest absolute Gasteiger partial charge is 0.317 e. The molecule has 0 radical (unpaired) electrons. The van der Waals surface area contributed by atoms with Gasteiger partial charge >= 0.3 is 5.97 Å². The van der Waals surface area contributed by atoms with Gasteiger partial charge < -0.3 is 4.74 Å². The Morgan fingerprint density at radius 3 is 2.55 bits per heavy atom. The number of rotatable bonds is 6. The summed E-state index contributed by atoms with van der Waals surface area (Å²) in [5.74, 6) is -4.41. The highest BCUT2D eigenvalue weighted by Crippen LogP contribution is 2.50. The number of halogens is 1. The molecule has 1 aromatic heterocycles. The topological polar surface area (TPSA) is 107 Å². The molecule has 0 spiro atoms. The number of non-ortho nitro benzene ring substituents is 1. The SMILES string of the molecule is CCOC(=O)[C@H]1C(=O)C2=C(C[C@H]1c1cccs1)N(c1ccc(F)cc1)C(=O)C[C@H]2c1cccc([N+](=O)[O-])c1. The lowest BCUT2D eigenvalue weighted by molar-refractivity contribution is -0.384. The maximum atomic E-state index is 14.2. The van der Waals surface area contributed by atoms with Gasteiger partial charge in [0.1, 0.15) is 11.7 Å². The quantitative estimate of drug-likeness (QED) is 0.179. The molecule has 0 fully saturated rings. The second kappa shape index (κ2) is 10.3. The zero-order valence-electron chi connectivity index (χ0n) is 20.3. The van der Waals surface area contributed by atoms with E-state index in [9.17, 15) is 28.9 Å². The van der Waals surface area contributed by atoms with Crippen molar-refractivity contribution >= 4 is 40.4 Å². The number of carbonyl (C=O) groups is 3. The molecular weight excluding hydrogens is 511 g/mol. The van der Waals surface area contributed by atoms with Gasteiger partial charge in [0.05, 0.1) is 11.5 Å². The molecule has 0 saturated carbocycles. The number of allylic oxidation sites excluding steroid dienone is 2. The predicted octanol–water partition coefficient (Wildman–Crippen LogP) is 5.51. The summed E-state index contributed by atoms with van der Waals surface area (Å²) in [5.41, 5.74) is 1.33. The van der Waals surface area contributed by atoms with Gasteiger partial charge in [-0.25, -0.2) is 4.39 Å². The Kier molecular flexibility index (Phi) is 6.90. The standard InChI is InChI=1S/C28H23FN2O6S/c1-2-37-28(34)26-21(23-7-4-12-38-23)14-22-25(27(26)33)20(16-5-3-6-19(13-16)31(35)36)15-24(32)30(22)18-10-8-17(29)9-11-18/h3-13,20-21,26H,2,14-15H2,1H3/t20-,21-,26+/m0/s1. The molecule has 2 aromatic carbocycles. The second-order valence-corrected chi connectivity index (χ2v) is 10.1. The van der Waals surface area contributed by atoms with Crippen molar-refractivity contribution in [2.75, 3.05) is 11.5 Å². The van der Waals surface area contributed by atoms with Gasteiger partial charge in [-0.1, -0.05) is 18.2 Å². The number of nitro groups is 1. The van der Waals surface area contributed by atoms with E-state index < -0.39 is 40.2 Å². The fraction of sp³-hybridized carbons (Fsp3) is 0.250. The molecule has 194 valence electrons. The zero-order valence-corrected chi connectivity index (χ0v) is 21.2. The molecule has 0 unspecified atom stereocenters. The maximum absolute atomic E-state index is 14.2. The Hall–Kier alpha value is -4.18. The van der Waals surface area contributed by atoms with Crippen molar-refractivity contribution in [3.63, 3.8) is 0 Å². The number of ketones is 1. The van der Waals surface area contributed by atoms with Gasteiger partial charge in [0.15, 0.2) is 5.78 Å². The predicted molar refractivity (Wildman–Crippen MR) is 138 cm³/mol. The van der Waals surface area contributed by atoms with E-state index in [4.69, 9.17) is 4.74 Å². The lowest BCUT2D eigenvalue weighted by Gasteiger charge is -2.42. The van der Waals surface area contributed by atoms with Crippen LogP contribution in [0.2, 0.25) is 0 Å². The van der Waals surface area contributed by atoms with Gasteiger partial charge in [-0.05, 0) is 54.6 Å². The lowest BCUT2D eigenvalue weighted by Crippen LogP contribution is -2.46. The molecule has 1 aliphatic heterocycles. The average molecular weight is 535 g/mol. The molecule has 0 saturated heterocycles. The Morgan fingerprint density at radius 2 is 1.89 bits per heavy atom. The third-order valence-corrected chi connectivity index (χ3v) is 7.94. The number of thiophene rings is 1. The first-order valence-corrected chi connectivity index (χ1v) is 13.0. The third-order valence-electron chi connectivity index (χ3n) is 6.94. The van der Waals surface area contributed by atoms with Crippen LogP contribution in [0.4, 0.5) is 15.8 Å². The first-order chi connectivity index (χ1) is 18.3. The van der Waals surface area contributed by atoms with Gasteiger partial charge in [0, 0.05) is 52.2 Å². The molecule has 2 heterocycles. The number of amides is 1. The van der Waals surface area contributed by atoms with E-state index in [2.05, 4.69) is 0 Å². The fourth-order valence-corrected chi connectivity index (χ4v) is 6.20. The van der Waals surface area contributed by atoms with E-state index in [1.165, 1.54) is 58.7 Å². The van der Waals surface area contributed by atoms with Crippen molar-refractivity contribution in [3.05, 3.63) is 104 Å². The number of esters is 1. The van der Waals surface area contributed by atoms with Gasteiger partial charge in [0.2, 0.25) is 5.91 Å². The summed E-state index contributed by atoms with van der Waals surface area (Å²) in [7, 11) is 0. The van der Waals surface area contributed by atoms with Gasteiger partial charge in [-0.2, -0.15) is 0 Å². The largest absolute Gasteiger partial charge is 0.465 e. The molecule has 5 rings (SSSR count). The van der Waals surface area contributed by atoms with Crippen molar-refractivity contribution in [2.45, 2.75) is 31.6 Å². The van der Waals surface area contributed by atoms with Crippen molar-refractivity contribution < 1.29 is 28.4 Å². The molecular formula is C28H23FN2O6S. The second-order valence-electron chi connectivity index (χ2n) is 9.09. The van der Waals surface area contributed by atoms with E-state index in [1.54, 1.807) is 13.0 Å². The molecule has 3 atom stereocenters. The first-order valence-electron chi connectivity index (χ1n) is 12.1. The van der Waals surface area contributed by atoms with Crippen molar-refractivity contribution in [2.24, 2.45) is 5.92 Å². The molecule has 1 aliphatic carbocycles. The Labute approximate surface area is 221 Å². The van der Waals surface area contributed by atoms with Crippen LogP contribution >= 0.6 is 11.3 Å². The summed E-state index contributed by atoms with van der Waals surface area (Å²) in [4.78, 5) is 54.2. The van der Waals surface area contributed by atoms with Crippen LogP contribution in [0.1, 0.15) is 42.0 Å².